The van der Waals surface area contributed by atoms with Crippen molar-refractivity contribution in [2.24, 2.45) is 5.92 Å². The van der Waals surface area contributed by atoms with E-state index in [9.17, 15) is 4.79 Å². The van der Waals surface area contributed by atoms with Crippen LogP contribution < -0.4 is 18.9 Å². The van der Waals surface area contributed by atoms with E-state index in [0.29, 0.717) is 40.2 Å². The van der Waals surface area contributed by atoms with Crippen molar-refractivity contribution in [2.45, 2.75) is 99.2 Å². The summed E-state index contributed by atoms with van der Waals surface area (Å²) >= 11 is 6.65. The number of carbonyl (C=O) groups is 1. The summed E-state index contributed by atoms with van der Waals surface area (Å²) < 4.78 is 25.0. The van der Waals surface area contributed by atoms with E-state index in [1.807, 2.05) is 26.0 Å². The number of benzene rings is 2. The maximum absolute atomic E-state index is 12.1. The molecule has 0 fully saturated rings. The average molecular weight is 493 g/mol. The molecule has 0 bridgehead atoms. The minimum Gasteiger partial charge on any atom is -0.489 e. The number of fused-ring (bicyclic) bond motifs is 1. The number of hydrogen-bond donors (Lipinski definition) is 0. The minimum atomic E-state index is -0.452. The summed E-state index contributed by atoms with van der Waals surface area (Å²) in [6.07, 6.45) is 5.43. The summed E-state index contributed by atoms with van der Waals surface area (Å²) in [4.78, 5) is 12.1. The molecule has 0 aliphatic rings. The number of carbonyl (C=O) groups excluding carboxylic acids is 1. The monoisotopic (exact) mass is 492 g/mol. The van der Waals surface area contributed by atoms with Gasteiger partial charge in [-0.25, -0.2) is 0 Å². The first-order chi connectivity index (χ1) is 16.2. The van der Waals surface area contributed by atoms with E-state index in [1.54, 1.807) is 6.07 Å². The second kappa shape index (κ2) is 13.7. The van der Waals surface area contributed by atoms with E-state index < -0.39 is 5.97 Å². The first-order valence-corrected chi connectivity index (χ1v) is 13.0. The Bertz CT molecular complexity index is 940. The normalized spacial score (nSPS) is 13.1. The lowest BCUT2D eigenvalue weighted by Gasteiger charge is -2.26. The molecular weight excluding hydrogens is 452 g/mol. The summed E-state index contributed by atoms with van der Waals surface area (Å²) in [5.74, 6) is 1.85. The van der Waals surface area contributed by atoms with E-state index in [4.69, 9.17) is 30.5 Å². The van der Waals surface area contributed by atoms with Crippen LogP contribution in [0.1, 0.15) is 87.0 Å². The molecule has 0 heterocycles. The van der Waals surface area contributed by atoms with Crippen molar-refractivity contribution in [3.8, 4) is 23.0 Å². The third-order valence-corrected chi connectivity index (χ3v) is 5.87. The number of hydrogen-bond acceptors (Lipinski definition) is 5. The van der Waals surface area contributed by atoms with Crippen LogP contribution in [0.4, 0.5) is 0 Å². The fourth-order valence-corrected chi connectivity index (χ4v) is 4.24. The summed E-state index contributed by atoms with van der Waals surface area (Å²) in [5.41, 5.74) is 0. The second-order valence-corrected chi connectivity index (χ2v) is 9.80. The average Bonchev–Trinajstić information content (AvgIpc) is 2.74. The van der Waals surface area contributed by atoms with Gasteiger partial charge in [0, 0.05) is 12.3 Å². The first-order valence-electron chi connectivity index (χ1n) is 12.6. The quantitative estimate of drug-likeness (QED) is 0.150. The Morgan fingerprint density at radius 2 is 1.47 bits per heavy atom. The predicted octanol–water partition coefficient (Wildman–Crippen LogP) is 8.37. The van der Waals surface area contributed by atoms with Crippen LogP contribution in [0.15, 0.2) is 18.2 Å². The van der Waals surface area contributed by atoms with Crippen LogP contribution >= 0.6 is 11.6 Å². The molecule has 0 radical (unpaired) electrons. The van der Waals surface area contributed by atoms with Gasteiger partial charge in [-0.05, 0) is 51.5 Å². The van der Waals surface area contributed by atoms with Crippen LogP contribution in [0.2, 0.25) is 5.02 Å². The minimum absolute atomic E-state index is 0.0753. The molecule has 2 aromatic rings. The van der Waals surface area contributed by atoms with Crippen molar-refractivity contribution < 1.29 is 23.7 Å². The number of esters is 1. The fourth-order valence-electron chi connectivity index (χ4n) is 3.98. The SMILES string of the molecule is CCCC(C)Oc1c(OC(C)CCC)c(OC(C)=O)c2c(Cl)cccc2c1OCCCC(C)C. The highest BCUT2D eigenvalue weighted by Crippen LogP contribution is 2.54. The molecule has 5 nitrogen and oxygen atoms in total. The van der Waals surface area contributed by atoms with Gasteiger partial charge >= 0.3 is 5.97 Å². The molecule has 0 saturated heterocycles. The molecule has 0 amide bonds. The van der Waals surface area contributed by atoms with E-state index in [2.05, 4.69) is 27.7 Å². The Labute approximate surface area is 210 Å². The third kappa shape index (κ3) is 7.69. The molecule has 0 saturated carbocycles. The Morgan fingerprint density at radius 1 is 0.882 bits per heavy atom. The summed E-state index contributed by atoms with van der Waals surface area (Å²) in [6.45, 7) is 14.6. The van der Waals surface area contributed by atoms with Gasteiger partial charge in [-0.15, -0.1) is 0 Å². The fraction of sp³-hybridized carbons (Fsp3) is 0.607. The molecule has 0 aliphatic heterocycles. The van der Waals surface area contributed by atoms with Gasteiger partial charge < -0.3 is 18.9 Å². The Kier molecular flexibility index (Phi) is 11.3. The first kappa shape index (κ1) is 28.1. The maximum atomic E-state index is 12.1. The zero-order valence-corrected chi connectivity index (χ0v) is 22.6. The Balaban J connectivity index is 2.77. The largest absolute Gasteiger partial charge is 0.489 e. The Hall–Kier alpha value is -2.14. The van der Waals surface area contributed by atoms with Crippen molar-refractivity contribution in [1.82, 2.24) is 0 Å². The summed E-state index contributed by atoms with van der Waals surface area (Å²) in [6, 6.07) is 5.56. The van der Waals surface area contributed by atoms with Gasteiger partial charge in [-0.1, -0.05) is 64.3 Å². The zero-order chi connectivity index (χ0) is 25.3. The van der Waals surface area contributed by atoms with Gasteiger partial charge in [0.25, 0.3) is 0 Å². The molecule has 2 rings (SSSR count). The lowest BCUT2D eigenvalue weighted by atomic mass is 10.1. The molecule has 34 heavy (non-hydrogen) atoms. The standard InChI is InChI=1S/C28H41ClO5/c1-8-12-19(5)32-27-25(31-17-11-14-18(3)4)22-15-10-16-23(29)24(22)26(34-21(7)30)28(27)33-20(6)13-9-2/h10,15-16,18-20H,8-9,11-14,17H2,1-7H3. The number of ether oxygens (including phenoxy) is 4. The van der Waals surface area contributed by atoms with Crippen molar-refractivity contribution in [1.29, 1.82) is 0 Å². The zero-order valence-electron chi connectivity index (χ0n) is 21.8. The number of rotatable bonds is 14. The lowest BCUT2D eigenvalue weighted by molar-refractivity contribution is -0.131. The van der Waals surface area contributed by atoms with Crippen LogP contribution in [0.25, 0.3) is 10.8 Å². The van der Waals surface area contributed by atoms with Crippen LogP contribution in [0.3, 0.4) is 0 Å². The molecular formula is C28H41ClO5. The van der Waals surface area contributed by atoms with E-state index >= 15 is 0 Å². The van der Waals surface area contributed by atoms with Gasteiger partial charge in [0.05, 0.1) is 29.2 Å². The molecule has 0 spiro atoms. The molecule has 0 N–H and O–H groups in total. The molecule has 0 aromatic heterocycles. The molecule has 6 heteroatoms. The smallest absolute Gasteiger partial charge is 0.308 e. The topological polar surface area (TPSA) is 54.0 Å². The Morgan fingerprint density at radius 3 is 2.00 bits per heavy atom. The molecule has 2 unspecified atom stereocenters. The third-order valence-electron chi connectivity index (χ3n) is 5.55. The number of halogens is 1. The van der Waals surface area contributed by atoms with Crippen molar-refractivity contribution in [3.63, 3.8) is 0 Å². The summed E-state index contributed by atoms with van der Waals surface area (Å²) in [5, 5.41) is 1.79. The molecule has 190 valence electrons. The van der Waals surface area contributed by atoms with Crippen molar-refractivity contribution in [3.05, 3.63) is 23.2 Å². The lowest BCUT2D eigenvalue weighted by Crippen LogP contribution is -2.18. The van der Waals surface area contributed by atoms with Crippen LogP contribution in [-0.2, 0) is 4.79 Å². The van der Waals surface area contributed by atoms with Gasteiger partial charge in [0.2, 0.25) is 11.5 Å². The van der Waals surface area contributed by atoms with Crippen molar-refractivity contribution in [2.75, 3.05) is 6.61 Å². The van der Waals surface area contributed by atoms with Crippen LogP contribution in [0, 0.1) is 5.92 Å². The molecule has 2 aromatic carbocycles. The predicted molar refractivity (Wildman–Crippen MR) is 140 cm³/mol. The van der Waals surface area contributed by atoms with E-state index in [-0.39, 0.29) is 18.0 Å². The van der Waals surface area contributed by atoms with Gasteiger partial charge in [-0.3, -0.25) is 4.79 Å². The van der Waals surface area contributed by atoms with Gasteiger partial charge in [0.15, 0.2) is 11.5 Å². The molecule has 2 atom stereocenters. The van der Waals surface area contributed by atoms with E-state index in [0.717, 1.165) is 43.9 Å². The van der Waals surface area contributed by atoms with Gasteiger partial charge in [0.1, 0.15) is 0 Å². The molecule has 0 aliphatic carbocycles. The maximum Gasteiger partial charge on any atom is 0.308 e. The second-order valence-electron chi connectivity index (χ2n) is 9.39. The highest BCUT2D eigenvalue weighted by atomic mass is 35.5. The highest BCUT2D eigenvalue weighted by molar-refractivity contribution is 6.36. The summed E-state index contributed by atoms with van der Waals surface area (Å²) in [7, 11) is 0. The van der Waals surface area contributed by atoms with Gasteiger partial charge in [-0.2, -0.15) is 0 Å². The van der Waals surface area contributed by atoms with Crippen LogP contribution in [0.5, 0.6) is 23.0 Å². The highest BCUT2D eigenvalue weighted by Gasteiger charge is 2.29. The van der Waals surface area contributed by atoms with E-state index in [1.165, 1.54) is 6.92 Å². The van der Waals surface area contributed by atoms with Crippen LogP contribution in [-0.4, -0.2) is 24.8 Å². The van der Waals surface area contributed by atoms with Crippen molar-refractivity contribution >= 4 is 28.3 Å².